The van der Waals surface area contributed by atoms with Crippen LogP contribution in [0.25, 0.3) is 10.8 Å². The molecule has 0 spiro atoms. The quantitative estimate of drug-likeness (QED) is 0.242. The molecule has 1 unspecified atom stereocenters. The summed E-state index contributed by atoms with van der Waals surface area (Å²) in [4.78, 5) is 36.9. The third-order valence-corrected chi connectivity index (χ3v) is 7.16. The van der Waals surface area contributed by atoms with Gasteiger partial charge in [-0.05, 0) is 59.7 Å². The van der Waals surface area contributed by atoms with E-state index in [0.29, 0.717) is 0 Å². The van der Waals surface area contributed by atoms with Crippen LogP contribution in [-0.2, 0) is 23.9 Å². The summed E-state index contributed by atoms with van der Waals surface area (Å²) in [5.41, 5.74) is 0.972. The van der Waals surface area contributed by atoms with Crippen molar-refractivity contribution in [2.75, 3.05) is 6.61 Å². The van der Waals surface area contributed by atoms with Gasteiger partial charge in [-0.15, -0.1) is 9.35 Å². The maximum Gasteiger partial charge on any atom is 0.344 e. The fraction of sp³-hybridized carbons (Fsp3) is 0.107. The van der Waals surface area contributed by atoms with Crippen molar-refractivity contribution in [2.24, 2.45) is 0 Å². The van der Waals surface area contributed by atoms with Crippen LogP contribution < -0.4 is 4.74 Å². The highest BCUT2D eigenvalue weighted by Crippen LogP contribution is 2.28. The molecule has 0 aliphatic carbocycles. The zero-order valence-electron chi connectivity index (χ0n) is 20.1. The lowest BCUT2D eigenvalue weighted by atomic mass is 10.0. The summed E-state index contributed by atoms with van der Waals surface area (Å²) in [6, 6.07) is 24.5. The second-order valence-electron chi connectivity index (χ2n) is 8.44. The molecule has 0 bridgehead atoms. The molecule has 0 fully saturated rings. The lowest BCUT2D eigenvalue weighted by Gasteiger charge is -2.16. The number of esters is 1. The van der Waals surface area contributed by atoms with Crippen molar-refractivity contribution >= 4 is 38.7 Å². The minimum absolute atomic E-state index is 0.0538. The summed E-state index contributed by atoms with van der Waals surface area (Å²) < 4.78 is 41.1. The standard InChI is InChI=1S/C28H21NO8S/c1-18(22-12-6-8-19-7-2-3-9-23(19)22)36-26(30)17-35-20-13-15-21(16-14-20)38(33,34)37-29-27(31)24-10-4-5-11-25(24)28(29)32/h2-16,18H,17H2,1H3. The third-order valence-electron chi connectivity index (χ3n) is 5.97. The van der Waals surface area contributed by atoms with Crippen molar-refractivity contribution in [3.63, 3.8) is 0 Å². The van der Waals surface area contributed by atoms with Gasteiger partial charge in [0.25, 0.3) is 11.8 Å². The first-order chi connectivity index (χ1) is 18.2. The molecule has 0 saturated heterocycles. The Morgan fingerprint density at radius 3 is 2.11 bits per heavy atom. The number of benzene rings is 4. The summed E-state index contributed by atoms with van der Waals surface area (Å²) in [5, 5.41) is 2.24. The summed E-state index contributed by atoms with van der Waals surface area (Å²) in [6.45, 7) is 1.38. The molecule has 10 heteroatoms. The van der Waals surface area contributed by atoms with Crippen molar-refractivity contribution in [1.82, 2.24) is 5.06 Å². The fourth-order valence-corrected chi connectivity index (χ4v) is 5.01. The Labute approximate surface area is 218 Å². The predicted molar refractivity (Wildman–Crippen MR) is 136 cm³/mol. The van der Waals surface area contributed by atoms with Crippen molar-refractivity contribution in [2.45, 2.75) is 17.9 Å². The van der Waals surface area contributed by atoms with Crippen LogP contribution in [0.5, 0.6) is 5.75 Å². The van der Waals surface area contributed by atoms with Crippen molar-refractivity contribution < 1.29 is 36.6 Å². The lowest BCUT2D eigenvalue weighted by molar-refractivity contribution is -0.150. The molecule has 0 aromatic heterocycles. The highest BCUT2D eigenvalue weighted by atomic mass is 32.2. The monoisotopic (exact) mass is 531 g/mol. The molecule has 0 N–H and O–H groups in total. The van der Waals surface area contributed by atoms with E-state index in [4.69, 9.17) is 13.8 Å². The maximum atomic E-state index is 12.7. The first kappa shape index (κ1) is 25.1. The normalized spacial score (nSPS) is 13.9. The molecule has 1 heterocycles. The van der Waals surface area contributed by atoms with E-state index in [9.17, 15) is 22.8 Å². The van der Waals surface area contributed by atoms with Crippen LogP contribution in [0.2, 0.25) is 0 Å². The SMILES string of the molecule is CC(OC(=O)COc1ccc(S(=O)(=O)ON2C(=O)c3ccccc3C2=O)cc1)c1cccc2ccccc12. The highest BCUT2D eigenvalue weighted by molar-refractivity contribution is 7.86. The van der Waals surface area contributed by atoms with E-state index in [1.165, 1.54) is 36.4 Å². The van der Waals surface area contributed by atoms with Crippen LogP contribution in [0.15, 0.2) is 95.9 Å². The molecule has 0 saturated carbocycles. The molecular weight excluding hydrogens is 510 g/mol. The summed E-state index contributed by atoms with van der Waals surface area (Å²) >= 11 is 0. The van der Waals surface area contributed by atoms with Crippen LogP contribution in [0.1, 0.15) is 39.3 Å². The predicted octanol–water partition coefficient (Wildman–Crippen LogP) is 4.44. The van der Waals surface area contributed by atoms with Gasteiger partial charge in [0.1, 0.15) is 11.9 Å². The number of imide groups is 1. The van der Waals surface area contributed by atoms with Crippen LogP contribution in [-0.4, -0.2) is 37.9 Å². The molecule has 2 amide bonds. The van der Waals surface area contributed by atoms with Gasteiger partial charge in [-0.3, -0.25) is 9.59 Å². The van der Waals surface area contributed by atoms with Gasteiger partial charge in [-0.25, -0.2) is 4.79 Å². The number of ether oxygens (including phenoxy) is 2. The minimum Gasteiger partial charge on any atom is -0.482 e. The van der Waals surface area contributed by atoms with E-state index in [0.717, 1.165) is 16.3 Å². The van der Waals surface area contributed by atoms with Crippen molar-refractivity contribution in [1.29, 1.82) is 0 Å². The van der Waals surface area contributed by atoms with E-state index in [-0.39, 0.29) is 26.8 Å². The Morgan fingerprint density at radius 2 is 1.42 bits per heavy atom. The van der Waals surface area contributed by atoms with E-state index in [1.54, 1.807) is 19.1 Å². The number of hydrogen-bond donors (Lipinski definition) is 0. The summed E-state index contributed by atoms with van der Waals surface area (Å²) in [7, 11) is -4.50. The number of rotatable bonds is 8. The Hall–Kier alpha value is -4.54. The van der Waals surface area contributed by atoms with Gasteiger partial charge < -0.3 is 9.47 Å². The number of fused-ring (bicyclic) bond motifs is 2. The van der Waals surface area contributed by atoms with Gasteiger partial charge >= 0.3 is 16.1 Å². The van der Waals surface area contributed by atoms with E-state index >= 15 is 0 Å². The van der Waals surface area contributed by atoms with E-state index in [1.807, 2.05) is 42.5 Å². The smallest absolute Gasteiger partial charge is 0.344 e. The molecule has 38 heavy (non-hydrogen) atoms. The molecule has 0 radical (unpaired) electrons. The number of carbonyl (C=O) groups is 3. The average molecular weight is 532 g/mol. The van der Waals surface area contributed by atoms with E-state index in [2.05, 4.69) is 0 Å². The largest absolute Gasteiger partial charge is 0.482 e. The van der Waals surface area contributed by atoms with Crippen molar-refractivity contribution in [3.8, 4) is 5.75 Å². The van der Waals surface area contributed by atoms with Gasteiger partial charge in [0.2, 0.25) is 0 Å². The Bertz CT molecular complexity index is 1620. The average Bonchev–Trinajstić information content (AvgIpc) is 3.16. The van der Waals surface area contributed by atoms with Crippen LogP contribution in [0.4, 0.5) is 0 Å². The zero-order valence-corrected chi connectivity index (χ0v) is 20.9. The van der Waals surface area contributed by atoms with Gasteiger partial charge in [-0.1, -0.05) is 54.6 Å². The number of amides is 2. The highest BCUT2D eigenvalue weighted by Gasteiger charge is 2.40. The Balaban J connectivity index is 1.19. The molecule has 1 aliphatic rings. The van der Waals surface area contributed by atoms with Crippen LogP contribution >= 0.6 is 0 Å². The first-order valence-electron chi connectivity index (χ1n) is 11.6. The number of hydrogen-bond acceptors (Lipinski definition) is 8. The van der Waals surface area contributed by atoms with Crippen molar-refractivity contribution in [3.05, 3.63) is 108 Å². The zero-order chi connectivity index (χ0) is 26.9. The van der Waals surface area contributed by atoms with E-state index < -0.39 is 40.6 Å². The van der Waals surface area contributed by atoms with Gasteiger partial charge in [-0.2, -0.15) is 8.42 Å². The third kappa shape index (κ3) is 4.86. The molecule has 4 aromatic rings. The van der Waals surface area contributed by atoms with Gasteiger partial charge in [0, 0.05) is 0 Å². The minimum atomic E-state index is -4.50. The first-order valence-corrected chi connectivity index (χ1v) is 13.0. The molecule has 192 valence electrons. The summed E-state index contributed by atoms with van der Waals surface area (Å²) in [6.07, 6.45) is -0.510. The second-order valence-corrected chi connectivity index (χ2v) is 9.97. The van der Waals surface area contributed by atoms with Crippen LogP contribution in [0, 0.1) is 0 Å². The summed E-state index contributed by atoms with van der Waals surface area (Å²) in [5.74, 6) is -2.13. The Morgan fingerprint density at radius 1 is 0.816 bits per heavy atom. The maximum absolute atomic E-state index is 12.7. The number of hydroxylamine groups is 2. The Kier molecular flexibility index (Phi) is 6.66. The molecule has 9 nitrogen and oxygen atoms in total. The topological polar surface area (TPSA) is 116 Å². The van der Waals surface area contributed by atoms with Gasteiger partial charge in [0.15, 0.2) is 6.61 Å². The molecule has 1 aliphatic heterocycles. The molecule has 5 rings (SSSR count). The fourth-order valence-electron chi connectivity index (χ4n) is 4.12. The lowest BCUT2D eigenvalue weighted by Crippen LogP contribution is -2.32. The van der Waals surface area contributed by atoms with Crippen LogP contribution in [0.3, 0.4) is 0 Å². The molecule has 4 aromatic carbocycles. The van der Waals surface area contributed by atoms with Gasteiger partial charge in [0.05, 0.1) is 16.0 Å². The number of carbonyl (C=O) groups excluding carboxylic acids is 3. The molecular formula is C28H21NO8S. The number of nitrogens with zero attached hydrogens (tertiary/aromatic N) is 1. The second kappa shape index (κ2) is 10.1. The molecule has 1 atom stereocenters.